The maximum Gasteiger partial charge on any atom is 0.224 e. The van der Waals surface area contributed by atoms with E-state index in [2.05, 4.69) is 22.7 Å². The Bertz CT molecular complexity index is 388. The normalized spacial score (nSPS) is 23.9. The summed E-state index contributed by atoms with van der Waals surface area (Å²) in [6.07, 6.45) is 2.71. The number of hydrogen-bond acceptors (Lipinski definition) is 3. The molecule has 94 valence electrons. The van der Waals surface area contributed by atoms with E-state index in [9.17, 15) is 4.79 Å². The molecule has 1 saturated heterocycles. The molecule has 5 heteroatoms. The van der Waals surface area contributed by atoms with Crippen LogP contribution < -0.4 is 10.6 Å². The minimum Gasteiger partial charge on any atom is -0.355 e. The monoisotopic (exact) mass is 236 g/mol. The second-order valence-corrected chi connectivity index (χ2v) is 4.76. The lowest BCUT2D eigenvalue weighted by atomic mass is 9.97. The molecule has 2 N–H and O–H groups in total. The Balaban J connectivity index is 1.73. The van der Waals surface area contributed by atoms with Crippen LogP contribution in [0.25, 0.3) is 0 Å². The van der Waals surface area contributed by atoms with Crippen molar-refractivity contribution in [1.82, 2.24) is 20.4 Å². The van der Waals surface area contributed by atoms with Gasteiger partial charge in [-0.05, 0) is 18.5 Å². The van der Waals surface area contributed by atoms with E-state index < -0.39 is 0 Å². The van der Waals surface area contributed by atoms with Crippen LogP contribution in [0, 0.1) is 11.8 Å². The van der Waals surface area contributed by atoms with Gasteiger partial charge in [0, 0.05) is 32.8 Å². The first kappa shape index (κ1) is 12.1. The Morgan fingerprint density at radius 3 is 3.06 bits per heavy atom. The SMILES string of the molecule is C[C@@H]1CNC[C@H]1C(=O)NCCc1ccn(C)n1. The van der Waals surface area contributed by atoms with Gasteiger partial charge in [-0.3, -0.25) is 9.48 Å². The summed E-state index contributed by atoms with van der Waals surface area (Å²) in [5, 5.41) is 10.5. The van der Waals surface area contributed by atoms with Crippen molar-refractivity contribution in [2.24, 2.45) is 18.9 Å². The van der Waals surface area contributed by atoms with Crippen molar-refractivity contribution in [2.75, 3.05) is 19.6 Å². The quantitative estimate of drug-likeness (QED) is 0.769. The molecule has 17 heavy (non-hydrogen) atoms. The molecule has 1 amide bonds. The molecular formula is C12H20N4O. The van der Waals surface area contributed by atoms with Gasteiger partial charge in [-0.25, -0.2) is 0 Å². The predicted molar refractivity (Wildman–Crippen MR) is 65.4 cm³/mol. The van der Waals surface area contributed by atoms with E-state index >= 15 is 0 Å². The average molecular weight is 236 g/mol. The number of rotatable bonds is 4. The molecule has 1 aliphatic heterocycles. The van der Waals surface area contributed by atoms with E-state index in [4.69, 9.17) is 0 Å². The Morgan fingerprint density at radius 2 is 2.47 bits per heavy atom. The van der Waals surface area contributed by atoms with E-state index in [-0.39, 0.29) is 11.8 Å². The maximum absolute atomic E-state index is 11.9. The van der Waals surface area contributed by atoms with E-state index in [1.54, 1.807) is 4.68 Å². The molecule has 2 atom stereocenters. The van der Waals surface area contributed by atoms with Gasteiger partial charge >= 0.3 is 0 Å². The van der Waals surface area contributed by atoms with Crippen LogP contribution in [-0.2, 0) is 18.3 Å². The number of amides is 1. The molecule has 0 unspecified atom stereocenters. The van der Waals surface area contributed by atoms with E-state index in [0.717, 1.165) is 25.2 Å². The zero-order valence-electron chi connectivity index (χ0n) is 10.4. The molecule has 0 aromatic carbocycles. The molecule has 1 aliphatic rings. The third kappa shape index (κ3) is 3.06. The lowest BCUT2D eigenvalue weighted by Crippen LogP contribution is -2.35. The number of carbonyl (C=O) groups is 1. The highest BCUT2D eigenvalue weighted by molar-refractivity contribution is 5.79. The highest BCUT2D eigenvalue weighted by Crippen LogP contribution is 2.15. The van der Waals surface area contributed by atoms with Crippen molar-refractivity contribution < 1.29 is 4.79 Å². The average Bonchev–Trinajstić information content (AvgIpc) is 2.87. The summed E-state index contributed by atoms with van der Waals surface area (Å²) in [6, 6.07) is 1.98. The fraction of sp³-hybridized carbons (Fsp3) is 0.667. The first-order valence-electron chi connectivity index (χ1n) is 6.14. The number of nitrogens with one attached hydrogen (secondary N) is 2. The van der Waals surface area contributed by atoms with Crippen LogP contribution in [0.15, 0.2) is 12.3 Å². The number of aryl methyl sites for hydroxylation is 1. The zero-order chi connectivity index (χ0) is 12.3. The second-order valence-electron chi connectivity index (χ2n) is 4.76. The van der Waals surface area contributed by atoms with E-state index in [1.807, 2.05) is 19.3 Å². The highest BCUT2D eigenvalue weighted by Gasteiger charge is 2.28. The molecule has 2 rings (SSSR count). The summed E-state index contributed by atoms with van der Waals surface area (Å²) >= 11 is 0. The van der Waals surface area contributed by atoms with Gasteiger partial charge in [0.2, 0.25) is 5.91 Å². The zero-order valence-corrected chi connectivity index (χ0v) is 10.4. The second kappa shape index (κ2) is 5.31. The van der Waals surface area contributed by atoms with Gasteiger partial charge in [0.15, 0.2) is 0 Å². The largest absolute Gasteiger partial charge is 0.355 e. The molecule has 0 saturated carbocycles. The van der Waals surface area contributed by atoms with Crippen molar-refractivity contribution in [2.45, 2.75) is 13.3 Å². The van der Waals surface area contributed by atoms with Gasteiger partial charge < -0.3 is 10.6 Å². The molecule has 0 spiro atoms. The van der Waals surface area contributed by atoms with Crippen molar-refractivity contribution in [3.05, 3.63) is 18.0 Å². The number of nitrogens with zero attached hydrogens (tertiary/aromatic N) is 2. The van der Waals surface area contributed by atoms with Crippen molar-refractivity contribution in [3.63, 3.8) is 0 Å². The molecule has 0 bridgehead atoms. The molecule has 1 aromatic rings. The van der Waals surface area contributed by atoms with Crippen molar-refractivity contribution in [1.29, 1.82) is 0 Å². The molecule has 0 aliphatic carbocycles. The summed E-state index contributed by atoms with van der Waals surface area (Å²) in [6.45, 7) is 4.52. The summed E-state index contributed by atoms with van der Waals surface area (Å²) < 4.78 is 1.78. The van der Waals surface area contributed by atoms with Crippen LogP contribution in [0.5, 0.6) is 0 Å². The Labute approximate surface area is 102 Å². The summed E-state index contributed by atoms with van der Waals surface area (Å²) in [7, 11) is 1.90. The fourth-order valence-electron chi connectivity index (χ4n) is 2.20. The van der Waals surface area contributed by atoms with Crippen LogP contribution in [0.4, 0.5) is 0 Å². The van der Waals surface area contributed by atoms with E-state index in [0.29, 0.717) is 12.5 Å². The molecule has 1 aromatic heterocycles. The minimum absolute atomic E-state index is 0.124. The molecular weight excluding hydrogens is 216 g/mol. The summed E-state index contributed by atoms with van der Waals surface area (Å²) in [5.41, 5.74) is 1.02. The predicted octanol–water partition coefficient (Wildman–Crippen LogP) is -0.0657. The van der Waals surface area contributed by atoms with Gasteiger partial charge in [0.05, 0.1) is 11.6 Å². The first-order chi connectivity index (χ1) is 8.16. The molecule has 2 heterocycles. The van der Waals surface area contributed by atoms with Gasteiger partial charge in [0.1, 0.15) is 0 Å². The summed E-state index contributed by atoms with van der Waals surface area (Å²) in [4.78, 5) is 11.9. The molecule has 0 radical (unpaired) electrons. The number of aromatic nitrogens is 2. The first-order valence-corrected chi connectivity index (χ1v) is 6.14. The van der Waals surface area contributed by atoms with Gasteiger partial charge in [-0.15, -0.1) is 0 Å². The van der Waals surface area contributed by atoms with Gasteiger partial charge in [-0.1, -0.05) is 6.92 Å². The standard InChI is InChI=1S/C12H20N4O/c1-9-7-13-8-11(9)12(17)14-5-3-10-4-6-16(2)15-10/h4,6,9,11,13H,3,5,7-8H2,1-2H3,(H,14,17)/t9-,11-/m1/s1. The number of carbonyl (C=O) groups excluding carboxylic acids is 1. The third-order valence-corrected chi connectivity index (χ3v) is 3.30. The van der Waals surface area contributed by atoms with Gasteiger partial charge in [-0.2, -0.15) is 5.10 Å². The van der Waals surface area contributed by atoms with Crippen LogP contribution >= 0.6 is 0 Å². The molecule has 5 nitrogen and oxygen atoms in total. The maximum atomic E-state index is 11.9. The van der Waals surface area contributed by atoms with Gasteiger partial charge in [0.25, 0.3) is 0 Å². The van der Waals surface area contributed by atoms with Crippen molar-refractivity contribution >= 4 is 5.91 Å². The topological polar surface area (TPSA) is 59.0 Å². The van der Waals surface area contributed by atoms with E-state index in [1.165, 1.54) is 0 Å². The third-order valence-electron chi connectivity index (χ3n) is 3.30. The van der Waals surface area contributed by atoms with Crippen LogP contribution in [-0.4, -0.2) is 35.3 Å². The summed E-state index contributed by atoms with van der Waals surface area (Å²) in [5.74, 6) is 0.724. The lowest BCUT2D eigenvalue weighted by molar-refractivity contribution is -0.125. The number of hydrogen-bond donors (Lipinski definition) is 2. The Morgan fingerprint density at radius 1 is 1.65 bits per heavy atom. The molecule has 1 fully saturated rings. The highest BCUT2D eigenvalue weighted by atomic mass is 16.1. The van der Waals surface area contributed by atoms with Crippen molar-refractivity contribution in [3.8, 4) is 0 Å². The smallest absolute Gasteiger partial charge is 0.224 e. The Kier molecular flexibility index (Phi) is 3.78. The lowest BCUT2D eigenvalue weighted by Gasteiger charge is -2.13. The minimum atomic E-state index is 0.124. The van der Waals surface area contributed by atoms with Crippen LogP contribution in [0.2, 0.25) is 0 Å². The van der Waals surface area contributed by atoms with Crippen LogP contribution in [0.3, 0.4) is 0 Å². The van der Waals surface area contributed by atoms with Crippen LogP contribution in [0.1, 0.15) is 12.6 Å². The fourth-order valence-corrected chi connectivity index (χ4v) is 2.20. The Hall–Kier alpha value is -1.36.